The second kappa shape index (κ2) is 5.76. The van der Waals surface area contributed by atoms with Gasteiger partial charge in [-0.2, -0.15) is 5.10 Å². The topological polar surface area (TPSA) is 86.7 Å². The van der Waals surface area contributed by atoms with Gasteiger partial charge in [0.15, 0.2) is 0 Å². The van der Waals surface area contributed by atoms with E-state index in [1.54, 1.807) is 12.4 Å². The molecule has 1 aliphatic carbocycles. The fourth-order valence-corrected chi connectivity index (χ4v) is 2.92. The number of carbonyl (C=O) groups excluding carboxylic acids is 1. The minimum Gasteiger partial charge on any atom is -0.366 e. The molecular formula is C17H15N5OS. The minimum absolute atomic E-state index is 0.350. The Morgan fingerprint density at radius 3 is 2.75 bits per heavy atom. The molecular weight excluding hydrogens is 322 g/mol. The zero-order valence-corrected chi connectivity index (χ0v) is 13.6. The molecule has 6 nitrogen and oxygen atoms in total. The molecule has 0 unspecified atom stereocenters. The fourth-order valence-electron chi connectivity index (χ4n) is 2.63. The van der Waals surface area contributed by atoms with Gasteiger partial charge in [-0.25, -0.2) is 4.68 Å². The number of pyridine rings is 2. The number of amides is 1. The molecule has 1 amide bonds. The maximum absolute atomic E-state index is 11.0. The summed E-state index contributed by atoms with van der Waals surface area (Å²) in [6.07, 6.45) is 8.96. The van der Waals surface area contributed by atoms with Crippen molar-refractivity contribution >= 4 is 34.5 Å². The smallest absolute Gasteiger partial charge is 0.244 e. The van der Waals surface area contributed by atoms with Crippen LogP contribution >= 0.6 is 12.6 Å². The molecule has 0 aliphatic heterocycles. The summed E-state index contributed by atoms with van der Waals surface area (Å²) in [5, 5.41) is 5.49. The number of hydrogen-bond donors (Lipinski definition) is 2. The van der Waals surface area contributed by atoms with Gasteiger partial charge in [0.25, 0.3) is 0 Å². The van der Waals surface area contributed by atoms with Crippen LogP contribution in [0.2, 0.25) is 0 Å². The maximum atomic E-state index is 11.0. The summed E-state index contributed by atoms with van der Waals surface area (Å²) in [7, 11) is 0. The Morgan fingerprint density at radius 1 is 1.25 bits per heavy atom. The van der Waals surface area contributed by atoms with Gasteiger partial charge < -0.3 is 5.73 Å². The number of thiol groups is 1. The van der Waals surface area contributed by atoms with E-state index in [0.717, 1.165) is 27.9 Å². The molecule has 3 aromatic heterocycles. The van der Waals surface area contributed by atoms with Crippen molar-refractivity contribution in [2.75, 3.05) is 0 Å². The lowest BCUT2D eigenvalue weighted by atomic mass is 10.1. The molecule has 2 N–H and O–H groups in total. The van der Waals surface area contributed by atoms with Crippen LogP contribution in [0.5, 0.6) is 0 Å². The van der Waals surface area contributed by atoms with Crippen molar-refractivity contribution in [2.24, 2.45) is 5.73 Å². The van der Waals surface area contributed by atoms with Crippen LogP contribution in [0.15, 0.2) is 42.9 Å². The number of hydrogen-bond acceptors (Lipinski definition) is 5. The van der Waals surface area contributed by atoms with E-state index < -0.39 is 5.91 Å². The van der Waals surface area contributed by atoms with E-state index in [1.165, 1.54) is 23.6 Å². The predicted octanol–water partition coefficient (Wildman–Crippen LogP) is 2.58. The predicted molar refractivity (Wildman–Crippen MR) is 95.2 cm³/mol. The Labute approximate surface area is 143 Å². The third kappa shape index (κ3) is 2.78. The molecule has 1 aliphatic rings. The van der Waals surface area contributed by atoms with Gasteiger partial charge >= 0.3 is 0 Å². The van der Waals surface area contributed by atoms with Crippen molar-refractivity contribution in [2.45, 2.75) is 18.8 Å². The second-order valence-corrected chi connectivity index (χ2v) is 6.29. The van der Waals surface area contributed by atoms with E-state index in [4.69, 9.17) is 5.73 Å². The van der Waals surface area contributed by atoms with Crippen LogP contribution in [0.1, 0.15) is 24.5 Å². The van der Waals surface area contributed by atoms with Gasteiger partial charge in [0.1, 0.15) is 5.03 Å². The van der Waals surface area contributed by atoms with Crippen LogP contribution in [0, 0.1) is 0 Å². The van der Waals surface area contributed by atoms with Crippen LogP contribution in [-0.4, -0.2) is 25.7 Å². The molecule has 24 heavy (non-hydrogen) atoms. The number of primary amides is 1. The Morgan fingerprint density at radius 2 is 2.08 bits per heavy atom. The number of rotatable bonds is 4. The third-order valence-electron chi connectivity index (χ3n) is 4.02. The zero-order chi connectivity index (χ0) is 16.7. The van der Waals surface area contributed by atoms with Crippen LogP contribution in [0.25, 0.3) is 27.2 Å². The molecule has 0 bridgehead atoms. The highest BCUT2D eigenvalue weighted by atomic mass is 32.1. The molecule has 4 rings (SSSR count). The molecule has 0 radical (unpaired) electrons. The molecule has 1 saturated carbocycles. The van der Waals surface area contributed by atoms with Crippen LogP contribution < -0.4 is 5.73 Å². The molecule has 0 saturated heterocycles. The second-order valence-electron chi connectivity index (χ2n) is 5.84. The van der Waals surface area contributed by atoms with Crippen molar-refractivity contribution in [3.63, 3.8) is 0 Å². The number of fused-ring (bicyclic) bond motifs is 1. The standard InChI is InChI=1S/C17H15N5OS/c18-16(23)6-17(24)22-15-9-20-14(5-12(15)8-21-22)11-3-4-13(19-7-11)10-1-2-10/h3-10,24H,1-2H2,(H2,18,23)/b17-6-. The van der Waals surface area contributed by atoms with E-state index in [0.29, 0.717) is 10.9 Å². The Bertz CT molecular complexity index is 957. The highest BCUT2D eigenvalue weighted by Crippen LogP contribution is 2.39. The van der Waals surface area contributed by atoms with Gasteiger partial charge in [0, 0.05) is 34.8 Å². The largest absolute Gasteiger partial charge is 0.366 e. The van der Waals surface area contributed by atoms with E-state index in [-0.39, 0.29) is 0 Å². The highest BCUT2D eigenvalue weighted by Gasteiger charge is 2.24. The first-order chi connectivity index (χ1) is 11.6. The van der Waals surface area contributed by atoms with Gasteiger partial charge in [0.2, 0.25) is 5.91 Å². The quantitative estimate of drug-likeness (QED) is 0.566. The van der Waals surface area contributed by atoms with Gasteiger partial charge in [0.05, 0.1) is 23.6 Å². The number of aromatic nitrogens is 4. The molecule has 0 spiro atoms. The number of carbonyl (C=O) groups is 1. The Hall–Kier alpha value is -2.67. The van der Waals surface area contributed by atoms with Crippen LogP contribution in [0.3, 0.4) is 0 Å². The zero-order valence-electron chi connectivity index (χ0n) is 12.8. The summed E-state index contributed by atoms with van der Waals surface area (Å²) in [5.74, 6) is 0.0635. The fraction of sp³-hybridized carbons (Fsp3) is 0.176. The summed E-state index contributed by atoms with van der Waals surface area (Å²) in [5.41, 5.74) is 8.86. The van der Waals surface area contributed by atoms with Gasteiger partial charge in [-0.05, 0) is 31.0 Å². The monoisotopic (exact) mass is 337 g/mol. The summed E-state index contributed by atoms with van der Waals surface area (Å²) in [6.45, 7) is 0. The molecule has 3 aromatic rings. The summed E-state index contributed by atoms with van der Waals surface area (Å²) >= 11 is 4.26. The SMILES string of the molecule is NC(=O)/C=C(\S)n1ncc2cc(-c3ccc(C4CC4)nc3)ncc21. The normalized spacial score (nSPS) is 15.0. The maximum Gasteiger partial charge on any atom is 0.244 e. The summed E-state index contributed by atoms with van der Waals surface area (Å²) < 4.78 is 1.52. The van der Waals surface area contributed by atoms with Gasteiger partial charge in [-0.1, -0.05) is 0 Å². The molecule has 7 heteroatoms. The van der Waals surface area contributed by atoms with Crippen molar-refractivity contribution in [1.29, 1.82) is 0 Å². The third-order valence-corrected chi connectivity index (χ3v) is 4.34. The lowest BCUT2D eigenvalue weighted by Gasteiger charge is -2.04. The Kier molecular flexibility index (Phi) is 3.57. The first-order valence-corrected chi connectivity index (χ1v) is 8.07. The average molecular weight is 337 g/mol. The average Bonchev–Trinajstić information content (AvgIpc) is 3.33. The van der Waals surface area contributed by atoms with E-state index in [1.807, 2.05) is 12.3 Å². The molecule has 120 valence electrons. The molecule has 0 atom stereocenters. The highest BCUT2D eigenvalue weighted by molar-refractivity contribution is 7.90. The van der Waals surface area contributed by atoms with Crippen LogP contribution in [0.4, 0.5) is 0 Å². The van der Waals surface area contributed by atoms with Crippen molar-refractivity contribution < 1.29 is 4.79 Å². The van der Waals surface area contributed by atoms with E-state index in [2.05, 4.69) is 39.8 Å². The lowest BCUT2D eigenvalue weighted by Crippen LogP contribution is -2.08. The lowest BCUT2D eigenvalue weighted by molar-refractivity contribution is -0.113. The first-order valence-electron chi connectivity index (χ1n) is 7.62. The van der Waals surface area contributed by atoms with Crippen LogP contribution in [-0.2, 0) is 4.79 Å². The first kappa shape index (κ1) is 14.9. The minimum atomic E-state index is -0.574. The summed E-state index contributed by atoms with van der Waals surface area (Å²) in [4.78, 5) is 20.0. The van der Waals surface area contributed by atoms with Gasteiger partial charge in [-0.3, -0.25) is 14.8 Å². The molecule has 1 fully saturated rings. The Balaban J connectivity index is 1.70. The van der Waals surface area contributed by atoms with Gasteiger partial charge in [-0.15, -0.1) is 12.6 Å². The summed E-state index contributed by atoms with van der Waals surface area (Å²) in [6, 6.07) is 6.07. The number of nitrogens with two attached hydrogens (primary N) is 1. The molecule has 3 heterocycles. The van der Waals surface area contributed by atoms with Crippen molar-refractivity contribution in [1.82, 2.24) is 19.7 Å². The molecule has 0 aromatic carbocycles. The van der Waals surface area contributed by atoms with Crippen molar-refractivity contribution in [3.8, 4) is 11.3 Å². The van der Waals surface area contributed by atoms with Crippen molar-refractivity contribution in [3.05, 3.63) is 48.6 Å². The van der Waals surface area contributed by atoms with E-state index in [9.17, 15) is 4.79 Å². The number of nitrogens with zero attached hydrogens (tertiary/aromatic N) is 4. The van der Waals surface area contributed by atoms with E-state index >= 15 is 0 Å².